The minimum absolute atomic E-state index is 0.102. The zero-order valence-corrected chi connectivity index (χ0v) is 9.64. The lowest BCUT2D eigenvalue weighted by atomic mass is 9.92. The first kappa shape index (κ1) is 10.8. The van der Waals surface area contributed by atoms with E-state index in [2.05, 4.69) is 11.8 Å². The molecule has 0 aromatic rings. The highest BCUT2D eigenvalue weighted by Crippen LogP contribution is 2.32. The molecule has 2 aliphatic rings. The van der Waals surface area contributed by atoms with Gasteiger partial charge in [0.05, 0.1) is 18.8 Å². The number of ether oxygens (including phenoxy) is 1. The first-order chi connectivity index (χ1) is 7.09. The smallest absolute Gasteiger partial charge is 0.157 e. The summed E-state index contributed by atoms with van der Waals surface area (Å²) in [7, 11) is 0. The molecule has 0 bridgehead atoms. The molecule has 3 heteroatoms. The fourth-order valence-corrected chi connectivity index (χ4v) is 2.01. The summed E-state index contributed by atoms with van der Waals surface area (Å²) in [5.41, 5.74) is 0. The molecule has 0 saturated carbocycles. The van der Waals surface area contributed by atoms with E-state index in [0.29, 0.717) is 18.2 Å². The van der Waals surface area contributed by atoms with E-state index >= 15 is 0 Å². The number of likely N-dealkylation sites (tertiary alicyclic amines) is 1. The van der Waals surface area contributed by atoms with Crippen LogP contribution >= 0.6 is 0 Å². The molecular formula is C12H19NO2. The average molecular weight is 209 g/mol. The third-order valence-electron chi connectivity index (χ3n) is 3.36. The van der Waals surface area contributed by atoms with Crippen molar-refractivity contribution in [1.29, 1.82) is 0 Å². The molecule has 2 aliphatic heterocycles. The van der Waals surface area contributed by atoms with Crippen LogP contribution in [0.4, 0.5) is 0 Å². The van der Waals surface area contributed by atoms with Gasteiger partial charge in [-0.25, -0.2) is 0 Å². The van der Waals surface area contributed by atoms with Crippen molar-refractivity contribution in [2.24, 2.45) is 5.92 Å². The molecule has 0 aliphatic carbocycles. The van der Waals surface area contributed by atoms with Crippen LogP contribution in [-0.4, -0.2) is 42.0 Å². The molecule has 3 nitrogen and oxygen atoms in total. The van der Waals surface area contributed by atoms with Crippen LogP contribution < -0.4 is 0 Å². The van der Waals surface area contributed by atoms with E-state index in [0.717, 1.165) is 13.2 Å². The van der Waals surface area contributed by atoms with E-state index < -0.39 is 0 Å². The van der Waals surface area contributed by atoms with Crippen LogP contribution in [0.2, 0.25) is 0 Å². The van der Waals surface area contributed by atoms with E-state index in [1.165, 1.54) is 0 Å². The van der Waals surface area contributed by atoms with Crippen molar-refractivity contribution in [2.75, 3.05) is 13.2 Å². The molecule has 0 N–H and O–H groups in total. The summed E-state index contributed by atoms with van der Waals surface area (Å²) in [5, 5.41) is 0. The van der Waals surface area contributed by atoms with Gasteiger partial charge in [-0.3, -0.25) is 9.69 Å². The number of hydrogen-bond acceptors (Lipinski definition) is 3. The Balaban J connectivity index is 1.81. The van der Waals surface area contributed by atoms with Crippen molar-refractivity contribution in [2.45, 2.75) is 39.0 Å². The quantitative estimate of drug-likeness (QED) is 0.652. The van der Waals surface area contributed by atoms with Crippen LogP contribution in [0, 0.1) is 5.92 Å². The van der Waals surface area contributed by atoms with Gasteiger partial charge in [0, 0.05) is 18.5 Å². The first-order valence-corrected chi connectivity index (χ1v) is 5.69. The zero-order chi connectivity index (χ0) is 11.0. The van der Waals surface area contributed by atoms with Gasteiger partial charge in [0.25, 0.3) is 0 Å². The fraction of sp³-hybridized carbons (Fsp3) is 0.750. The van der Waals surface area contributed by atoms with Crippen molar-refractivity contribution in [3.63, 3.8) is 0 Å². The maximum absolute atomic E-state index is 11.4. The first-order valence-electron chi connectivity index (χ1n) is 5.69. The Labute approximate surface area is 91.1 Å². The number of fused-ring (bicyclic) bond motifs is 1. The number of rotatable bonds is 4. The molecule has 2 rings (SSSR count). The zero-order valence-electron chi connectivity index (χ0n) is 9.64. The van der Waals surface area contributed by atoms with Gasteiger partial charge in [-0.1, -0.05) is 19.9 Å². The fourth-order valence-electron chi connectivity index (χ4n) is 2.01. The van der Waals surface area contributed by atoms with Crippen molar-refractivity contribution >= 4 is 5.78 Å². The maximum atomic E-state index is 11.4. The second kappa shape index (κ2) is 4.06. The summed E-state index contributed by atoms with van der Waals surface area (Å²) in [5.74, 6) is 0.313. The third-order valence-corrected chi connectivity index (χ3v) is 3.36. The van der Waals surface area contributed by atoms with E-state index in [1.807, 2.05) is 19.9 Å². The predicted molar refractivity (Wildman–Crippen MR) is 58.7 cm³/mol. The minimum Gasteiger partial charge on any atom is -0.373 e. The van der Waals surface area contributed by atoms with Crippen LogP contribution in [0.15, 0.2) is 12.2 Å². The third kappa shape index (κ3) is 1.99. The lowest BCUT2D eigenvalue weighted by Gasteiger charge is -2.56. The number of morpholine rings is 1. The Bertz CT molecular complexity index is 285. The van der Waals surface area contributed by atoms with E-state index in [4.69, 9.17) is 4.74 Å². The maximum Gasteiger partial charge on any atom is 0.157 e. The van der Waals surface area contributed by atoms with Crippen molar-refractivity contribution in [3.8, 4) is 0 Å². The van der Waals surface area contributed by atoms with Crippen LogP contribution in [0.5, 0.6) is 0 Å². The lowest BCUT2D eigenvalue weighted by molar-refractivity contribution is -0.220. The van der Waals surface area contributed by atoms with E-state index in [-0.39, 0.29) is 11.7 Å². The summed E-state index contributed by atoms with van der Waals surface area (Å²) < 4.78 is 5.34. The number of nitrogens with zero attached hydrogens (tertiary/aromatic N) is 1. The van der Waals surface area contributed by atoms with Crippen LogP contribution in [-0.2, 0) is 9.53 Å². The molecule has 0 aromatic heterocycles. The minimum atomic E-state index is 0.102. The van der Waals surface area contributed by atoms with Gasteiger partial charge in [-0.2, -0.15) is 0 Å². The van der Waals surface area contributed by atoms with Crippen LogP contribution in [0.1, 0.15) is 20.8 Å². The number of allylic oxidation sites excluding steroid dienone is 1. The van der Waals surface area contributed by atoms with Crippen LogP contribution in [0.25, 0.3) is 0 Å². The number of hydrogen-bond donors (Lipinski definition) is 0. The molecule has 3 unspecified atom stereocenters. The summed E-state index contributed by atoms with van der Waals surface area (Å²) in [6, 6.07) is 0.969. The topological polar surface area (TPSA) is 29.5 Å². The summed E-state index contributed by atoms with van der Waals surface area (Å²) in [4.78, 5) is 13.8. The van der Waals surface area contributed by atoms with E-state index in [9.17, 15) is 4.79 Å². The van der Waals surface area contributed by atoms with Crippen molar-refractivity contribution in [1.82, 2.24) is 4.90 Å². The Morgan fingerprint density at radius 2 is 2.20 bits per heavy atom. The molecule has 84 valence electrons. The molecule has 2 saturated heterocycles. The van der Waals surface area contributed by atoms with Crippen molar-refractivity contribution in [3.05, 3.63) is 12.2 Å². The SMILES string of the molecule is CC(C)C(=O)/C=C/C(C)N1CC2OCC21. The second-order valence-corrected chi connectivity index (χ2v) is 4.79. The Morgan fingerprint density at radius 3 is 2.60 bits per heavy atom. The molecule has 0 spiro atoms. The average Bonchev–Trinajstić information content (AvgIpc) is 2.17. The number of carbonyl (C=O) groups excluding carboxylic acids is 1. The second-order valence-electron chi connectivity index (χ2n) is 4.79. The molecule has 2 fully saturated rings. The Morgan fingerprint density at radius 1 is 1.47 bits per heavy atom. The highest BCUT2D eigenvalue weighted by atomic mass is 16.5. The summed E-state index contributed by atoms with van der Waals surface area (Å²) in [6.07, 6.45) is 4.21. The molecule has 0 amide bonds. The summed E-state index contributed by atoms with van der Waals surface area (Å²) >= 11 is 0. The van der Waals surface area contributed by atoms with Gasteiger partial charge in [0.1, 0.15) is 0 Å². The normalized spacial score (nSPS) is 32.3. The van der Waals surface area contributed by atoms with Gasteiger partial charge in [-0.05, 0) is 13.0 Å². The lowest BCUT2D eigenvalue weighted by Crippen LogP contribution is -2.72. The Kier molecular flexibility index (Phi) is 2.94. The van der Waals surface area contributed by atoms with Gasteiger partial charge in [-0.15, -0.1) is 0 Å². The van der Waals surface area contributed by atoms with Gasteiger partial charge >= 0.3 is 0 Å². The van der Waals surface area contributed by atoms with Gasteiger partial charge < -0.3 is 4.74 Å². The predicted octanol–water partition coefficient (Wildman–Crippen LogP) is 1.24. The molecule has 3 atom stereocenters. The highest BCUT2D eigenvalue weighted by Gasteiger charge is 2.48. The molecule has 0 radical (unpaired) electrons. The molecule has 2 heterocycles. The highest BCUT2D eigenvalue weighted by molar-refractivity contribution is 5.91. The van der Waals surface area contributed by atoms with Gasteiger partial charge in [0.2, 0.25) is 0 Å². The van der Waals surface area contributed by atoms with Crippen molar-refractivity contribution < 1.29 is 9.53 Å². The Hall–Kier alpha value is -0.670. The number of carbonyl (C=O) groups is 1. The summed E-state index contributed by atoms with van der Waals surface area (Å²) in [6.45, 7) is 7.87. The molecule has 0 aromatic carbocycles. The largest absolute Gasteiger partial charge is 0.373 e. The van der Waals surface area contributed by atoms with Gasteiger partial charge in [0.15, 0.2) is 5.78 Å². The standard InChI is InChI=1S/C12H19NO2/c1-8(2)11(14)5-4-9(3)13-6-12-10(13)7-15-12/h4-5,8-10,12H,6-7H2,1-3H3/b5-4+. The monoisotopic (exact) mass is 209 g/mol. The molecule has 15 heavy (non-hydrogen) atoms. The number of ketones is 1. The molecular weight excluding hydrogens is 190 g/mol. The van der Waals surface area contributed by atoms with E-state index in [1.54, 1.807) is 6.08 Å². The van der Waals surface area contributed by atoms with Crippen LogP contribution in [0.3, 0.4) is 0 Å².